The van der Waals surface area contributed by atoms with E-state index in [2.05, 4.69) is 0 Å². The molecule has 0 heterocycles. The summed E-state index contributed by atoms with van der Waals surface area (Å²) in [6, 6.07) is 0. The van der Waals surface area contributed by atoms with Gasteiger partial charge in [0.25, 0.3) is 0 Å². The van der Waals surface area contributed by atoms with E-state index in [1.54, 1.807) is 0 Å². The standard InChI is InChI=1S/C3H4N4O8/c8-3(9)4-1(5(10)11)2(6(12)13)7(14)15/h1-2,4H,(H,8,9). The average molecular weight is 224 g/mol. The first-order valence-electron chi connectivity index (χ1n) is 3.17. The molecular formula is C3H4N4O8. The minimum Gasteiger partial charge on any atom is -0.465 e. The number of rotatable bonds is 5. The lowest BCUT2D eigenvalue weighted by atomic mass is 10.4. The molecule has 0 aliphatic heterocycles. The van der Waals surface area contributed by atoms with Crippen LogP contribution in [0.25, 0.3) is 0 Å². The van der Waals surface area contributed by atoms with Crippen molar-refractivity contribution in [3.05, 3.63) is 30.3 Å². The van der Waals surface area contributed by atoms with E-state index in [4.69, 9.17) is 5.11 Å². The number of carbonyl (C=O) groups is 1. The molecule has 0 spiro atoms. The Bertz CT molecular complexity index is 299. The molecule has 0 radical (unpaired) electrons. The Hall–Kier alpha value is -2.53. The summed E-state index contributed by atoms with van der Waals surface area (Å²) in [5, 5.41) is 39.5. The van der Waals surface area contributed by atoms with Gasteiger partial charge in [-0.2, -0.15) is 0 Å². The Balaban J connectivity index is 5.01. The normalized spacial score (nSPS) is 11.8. The van der Waals surface area contributed by atoms with Gasteiger partial charge in [0.05, 0.1) is 4.92 Å². The van der Waals surface area contributed by atoms with Gasteiger partial charge in [-0.3, -0.25) is 30.3 Å². The van der Waals surface area contributed by atoms with Gasteiger partial charge in [0.1, 0.15) is 9.85 Å². The fourth-order valence-corrected chi connectivity index (χ4v) is 0.670. The van der Waals surface area contributed by atoms with E-state index in [-0.39, 0.29) is 0 Å². The fraction of sp³-hybridized carbons (Fsp3) is 0.667. The lowest BCUT2D eigenvalue weighted by Gasteiger charge is -2.07. The zero-order valence-corrected chi connectivity index (χ0v) is 6.80. The van der Waals surface area contributed by atoms with Crippen LogP contribution in [-0.4, -0.2) is 38.3 Å². The zero-order valence-electron chi connectivity index (χ0n) is 6.80. The van der Waals surface area contributed by atoms with Gasteiger partial charge in [-0.05, 0) is 0 Å². The molecule has 1 unspecified atom stereocenters. The highest BCUT2D eigenvalue weighted by atomic mass is 16.7. The molecule has 0 aromatic rings. The van der Waals surface area contributed by atoms with Crippen LogP contribution in [-0.2, 0) is 0 Å². The number of nitrogens with zero attached hydrogens (tertiary/aromatic N) is 3. The molecule has 12 heteroatoms. The first-order chi connectivity index (χ1) is 6.77. The molecule has 0 bridgehead atoms. The van der Waals surface area contributed by atoms with E-state index in [1.165, 1.54) is 0 Å². The Kier molecular flexibility index (Phi) is 3.85. The number of hydrogen-bond donors (Lipinski definition) is 2. The Labute approximate surface area is 79.9 Å². The summed E-state index contributed by atoms with van der Waals surface area (Å²) in [6.45, 7) is 0. The third-order valence-corrected chi connectivity index (χ3v) is 1.21. The van der Waals surface area contributed by atoms with E-state index >= 15 is 0 Å². The highest BCUT2D eigenvalue weighted by Crippen LogP contribution is 2.00. The highest BCUT2D eigenvalue weighted by molar-refractivity contribution is 5.64. The Morgan fingerprint density at radius 2 is 1.47 bits per heavy atom. The molecule has 2 N–H and O–H groups in total. The number of carboxylic acid groups (broad SMARTS) is 1. The summed E-state index contributed by atoms with van der Waals surface area (Å²) >= 11 is 0. The average Bonchev–Trinajstić information content (AvgIpc) is 2.00. The molecule has 84 valence electrons. The largest absolute Gasteiger partial charge is 0.534 e. The summed E-state index contributed by atoms with van der Waals surface area (Å²) in [5.74, 6) is 0. The molecule has 0 rings (SSSR count). The summed E-state index contributed by atoms with van der Waals surface area (Å²) in [6.07, 6.45) is -7.46. The van der Waals surface area contributed by atoms with Crippen molar-refractivity contribution in [2.24, 2.45) is 0 Å². The van der Waals surface area contributed by atoms with Gasteiger partial charge in [-0.15, -0.1) is 0 Å². The smallest absolute Gasteiger partial charge is 0.465 e. The van der Waals surface area contributed by atoms with E-state index < -0.39 is 33.2 Å². The van der Waals surface area contributed by atoms with Crippen LogP contribution in [0.4, 0.5) is 4.79 Å². The van der Waals surface area contributed by atoms with Crippen LogP contribution < -0.4 is 5.32 Å². The molecule has 0 fully saturated rings. The molecule has 0 saturated carbocycles. The van der Waals surface area contributed by atoms with Crippen molar-refractivity contribution in [2.45, 2.75) is 12.3 Å². The lowest BCUT2D eigenvalue weighted by molar-refractivity contribution is -0.784. The molecular weight excluding hydrogens is 220 g/mol. The van der Waals surface area contributed by atoms with Crippen molar-refractivity contribution < 1.29 is 24.7 Å². The predicted octanol–water partition coefficient (Wildman–Crippen LogP) is -1.26. The molecule has 15 heavy (non-hydrogen) atoms. The van der Waals surface area contributed by atoms with Gasteiger partial charge in [-0.1, -0.05) is 0 Å². The van der Waals surface area contributed by atoms with Crippen molar-refractivity contribution >= 4 is 6.09 Å². The third kappa shape index (κ3) is 3.37. The zero-order chi connectivity index (χ0) is 12.2. The van der Waals surface area contributed by atoms with Crippen LogP contribution in [0.2, 0.25) is 0 Å². The van der Waals surface area contributed by atoms with Crippen molar-refractivity contribution in [1.82, 2.24) is 5.32 Å². The highest BCUT2D eigenvalue weighted by Gasteiger charge is 2.52. The first kappa shape index (κ1) is 12.5. The van der Waals surface area contributed by atoms with E-state index in [0.717, 1.165) is 5.32 Å². The summed E-state index contributed by atoms with van der Waals surface area (Å²) < 4.78 is 0. The van der Waals surface area contributed by atoms with Crippen molar-refractivity contribution in [1.29, 1.82) is 0 Å². The van der Waals surface area contributed by atoms with Crippen LogP contribution in [0.3, 0.4) is 0 Å². The van der Waals surface area contributed by atoms with Crippen LogP contribution in [0.1, 0.15) is 0 Å². The lowest BCUT2D eigenvalue weighted by Crippen LogP contribution is -2.54. The second-order valence-corrected chi connectivity index (χ2v) is 2.16. The monoisotopic (exact) mass is 224 g/mol. The molecule has 0 saturated heterocycles. The molecule has 0 aliphatic carbocycles. The minimum absolute atomic E-state index is 1.08. The SMILES string of the molecule is O=C(O)NC(C([N+](=O)[O-])[N+](=O)[O-])[N+](=O)[O-]. The van der Waals surface area contributed by atoms with Crippen LogP contribution in [0.15, 0.2) is 0 Å². The third-order valence-electron chi connectivity index (χ3n) is 1.21. The molecule has 0 aliphatic rings. The van der Waals surface area contributed by atoms with Crippen molar-refractivity contribution in [2.75, 3.05) is 0 Å². The van der Waals surface area contributed by atoms with Gasteiger partial charge in [0.15, 0.2) is 0 Å². The summed E-state index contributed by atoms with van der Waals surface area (Å²) in [4.78, 5) is 35.8. The van der Waals surface area contributed by atoms with Crippen LogP contribution in [0, 0.1) is 30.3 Å². The van der Waals surface area contributed by atoms with E-state index in [0.29, 0.717) is 0 Å². The maximum Gasteiger partial charge on any atom is 0.534 e. The van der Waals surface area contributed by atoms with Crippen LogP contribution in [0.5, 0.6) is 0 Å². The second kappa shape index (κ2) is 4.64. The second-order valence-electron chi connectivity index (χ2n) is 2.16. The van der Waals surface area contributed by atoms with E-state index in [9.17, 15) is 35.1 Å². The van der Waals surface area contributed by atoms with Crippen LogP contribution >= 0.6 is 0 Å². The number of nitrogens with one attached hydrogen (secondary N) is 1. The molecule has 1 atom stereocenters. The Morgan fingerprint density at radius 3 is 1.67 bits per heavy atom. The maximum absolute atomic E-state index is 10.2. The number of nitro groups is 3. The molecule has 0 aromatic heterocycles. The molecule has 0 aromatic carbocycles. The molecule has 12 nitrogen and oxygen atoms in total. The van der Waals surface area contributed by atoms with Gasteiger partial charge >= 0.3 is 18.4 Å². The fourth-order valence-electron chi connectivity index (χ4n) is 0.670. The number of hydrogen-bond acceptors (Lipinski definition) is 7. The maximum atomic E-state index is 10.2. The van der Waals surface area contributed by atoms with Crippen molar-refractivity contribution in [3.8, 4) is 0 Å². The van der Waals surface area contributed by atoms with Gasteiger partial charge in [0, 0.05) is 0 Å². The van der Waals surface area contributed by atoms with Gasteiger partial charge in [-0.25, -0.2) is 10.1 Å². The summed E-state index contributed by atoms with van der Waals surface area (Å²) in [5.41, 5.74) is 0. The Morgan fingerprint density at radius 1 is 1.07 bits per heavy atom. The quantitative estimate of drug-likeness (QED) is 0.329. The topological polar surface area (TPSA) is 179 Å². The van der Waals surface area contributed by atoms with Crippen molar-refractivity contribution in [3.63, 3.8) is 0 Å². The minimum atomic E-state index is -2.86. The van der Waals surface area contributed by atoms with Gasteiger partial charge < -0.3 is 5.11 Å². The van der Waals surface area contributed by atoms with E-state index in [1.807, 2.05) is 0 Å². The predicted molar refractivity (Wildman–Crippen MR) is 39.7 cm³/mol. The van der Waals surface area contributed by atoms with Gasteiger partial charge in [0.2, 0.25) is 0 Å². The molecule has 1 amide bonds. The number of amides is 1. The summed E-state index contributed by atoms with van der Waals surface area (Å²) in [7, 11) is 0. The first-order valence-corrected chi connectivity index (χ1v) is 3.17.